The molecule has 0 amide bonds. The van der Waals surface area contributed by atoms with Crippen molar-refractivity contribution in [3.05, 3.63) is 11.6 Å². The van der Waals surface area contributed by atoms with E-state index < -0.39 is 11.5 Å². The molecule has 0 spiro atoms. The maximum atomic E-state index is 13.1. The lowest BCUT2D eigenvalue weighted by Gasteiger charge is -2.63. The minimum atomic E-state index is -0.817. The molecule has 4 heteroatoms. The number of esters is 1. The molecule has 0 heterocycles. The van der Waals surface area contributed by atoms with Crippen molar-refractivity contribution in [3.63, 3.8) is 0 Å². The zero-order valence-corrected chi connectivity index (χ0v) is 23.3. The van der Waals surface area contributed by atoms with Crippen LogP contribution in [0.5, 0.6) is 0 Å². The molecule has 0 bridgehead atoms. The molecule has 5 rings (SSSR count). The highest BCUT2D eigenvalue weighted by Gasteiger charge is 2.66. The predicted molar refractivity (Wildman–Crippen MR) is 138 cm³/mol. The maximum absolute atomic E-state index is 13.1. The van der Waals surface area contributed by atoms with Crippen LogP contribution in [-0.4, -0.2) is 35.5 Å². The summed E-state index contributed by atoms with van der Waals surface area (Å²) in [6, 6.07) is 0. The number of carbonyl (C=O) groups is 1. The fourth-order valence-corrected chi connectivity index (χ4v) is 11.1. The van der Waals surface area contributed by atoms with E-state index in [1.165, 1.54) is 26.4 Å². The van der Waals surface area contributed by atoms with Crippen LogP contribution in [0.25, 0.3) is 0 Å². The number of methoxy groups -OCH3 is 1. The first kappa shape index (κ1) is 25.8. The van der Waals surface area contributed by atoms with Gasteiger partial charge in [-0.15, -0.1) is 0 Å². The predicted octanol–water partition coefficient (Wildman–Crippen LogP) is 6.29. The van der Waals surface area contributed by atoms with Crippen molar-refractivity contribution in [1.29, 1.82) is 0 Å². The largest absolute Gasteiger partial charge is 0.469 e. The Morgan fingerprint density at radius 3 is 2.17 bits per heavy atom. The maximum Gasteiger partial charge on any atom is 0.314 e. The van der Waals surface area contributed by atoms with Gasteiger partial charge in [0.1, 0.15) is 0 Å². The first-order chi connectivity index (χ1) is 16.2. The summed E-state index contributed by atoms with van der Waals surface area (Å²) in [7, 11) is 1.47. The average molecular weight is 487 g/mol. The summed E-state index contributed by atoms with van der Waals surface area (Å²) in [5, 5.41) is 21.9. The van der Waals surface area contributed by atoms with Crippen molar-refractivity contribution >= 4 is 5.97 Å². The van der Waals surface area contributed by atoms with E-state index in [9.17, 15) is 15.0 Å². The third-order valence-corrected chi connectivity index (χ3v) is 13.2. The van der Waals surface area contributed by atoms with Gasteiger partial charge in [-0.05, 0) is 116 Å². The Balaban J connectivity index is 1.51. The van der Waals surface area contributed by atoms with Gasteiger partial charge in [0.2, 0.25) is 0 Å². The Morgan fingerprint density at radius 2 is 1.49 bits per heavy atom. The number of fused-ring (bicyclic) bond motifs is 6. The molecule has 0 aliphatic heterocycles. The van der Waals surface area contributed by atoms with Gasteiger partial charge in [-0.25, -0.2) is 0 Å². The number of hydrogen-bond donors (Lipinski definition) is 2. The van der Waals surface area contributed by atoms with E-state index in [1.54, 1.807) is 5.57 Å². The quantitative estimate of drug-likeness (QED) is 0.337. The lowest BCUT2D eigenvalue weighted by atomic mass is 9.41. The summed E-state index contributed by atoms with van der Waals surface area (Å²) in [5.74, 6) is 1.59. The van der Waals surface area contributed by atoms with Gasteiger partial charge in [-0.3, -0.25) is 4.79 Å². The molecular weight excluding hydrogens is 436 g/mol. The van der Waals surface area contributed by atoms with Crippen LogP contribution in [0, 0.1) is 50.7 Å². The molecule has 4 saturated carbocycles. The van der Waals surface area contributed by atoms with Gasteiger partial charge in [0, 0.05) is 0 Å². The van der Waals surface area contributed by atoms with Gasteiger partial charge in [0.05, 0.1) is 24.7 Å². The molecule has 0 aromatic rings. The molecule has 35 heavy (non-hydrogen) atoms. The Kier molecular flexibility index (Phi) is 5.94. The smallest absolute Gasteiger partial charge is 0.314 e. The molecule has 5 aliphatic carbocycles. The van der Waals surface area contributed by atoms with E-state index in [4.69, 9.17) is 4.74 Å². The molecule has 10 unspecified atom stereocenters. The second kappa shape index (κ2) is 8.06. The lowest BCUT2D eigenvalue weighted by Crippen LogP contribution is -2.61. The highest BCUT2D eigenvalue weighted by atomic mass is 16.5. The van der Waals surface area contributed by atoms with Crippen LogP contribution in [0.4, 0.5) is 0 Å². The van der Waals surface area contributed by atoms with Crippen LogP contribution in [0.1, 0.15) is 106 Å². The van der Waals surface area contributed by atoms with Crippen molar-refractivity contribution in [1.82, 2.24) is 0 Å². The topological polar surface area (TPSA) is 66.8 Å². The summed E-state index contributed by atoms with van der Waals surface area (Å²) < 4.78 is 5.29. The molecule has 2 N–H and O–H groups in total. The minimum absolute atomic E-state index is 0.0333. The van der Waals surface area contributed by atoms with Crippen molar-refractivity contribution in [2.24, 2.45) is 50.7 Å². The van der Waals surface area contributed by atoms with Crippen molar-refractivity contribution in [2.45, 2.75) is 118 Å². The molecule has 0 radical (unpaired) electrons. The summed E-state index contributed by atoms with van der Waals surface area (Å²) in [4.78, 5) is 13.1. The second-order valence-electron chi connectivity index (χ2n) is 14.9. The summed E-state index contributed by atoms with van der Waals surface area (Å²) in [5.41, 5.74) is 1.34. The molecule has 0 aromatic carbocycles. The highest BCUT2D eigenvalue weighted by Crippen LogP contribution is 2.70. The fourth-order valence-electron chi connectivity index (χ4n) is 11.1. The Morgan fingerprint density at radius 1 is 0.829 bits per heavy atom. The molecule has 4 fully saturated rings. The van der Waals surface area contributed by atoms with E-state index >= 15 is 0 Å². The zero-order valence-electron chi connectivity index (χ0n) is 23.3. The van der Waals surface area contributed by atoms with E-state index in [-0.39, 0.29) is 39.7 Å². The summed E-state index contributed by atoms with van der Waals surface area (Å²) >= 11 is 0. The Bertz CT molecular complexity index is 908. The summed E-state index contributed by atoms with van der Waals surface area (Å²) in [6.45, 7) is 14.1. The first-order valence-electron chi connectivity index (χ1n) is 14.4. The molecule has 198 valence electrons. The molecule has 10 atom stereocenters. The average Bonchev–Trinajstić information content (AvgIpc) is 2.96. The molecule has 0 aromatic heterocycles. The SMILES string of the molecule is COC(=O)C1(C)C(O)CCC2(C)C3CCC4C(=CCC5C(C)(C)C(O)CCC45C)CC3(C)CCC21. The van der Waals surface area contributed by atoms with E-state index in [0.717, 1.165) is 38.5 Å². The first-order valence-corrected chi connectivity index (χ1v) is 14.4. The van der Waals surface area contributed by atoms with Gasteiger partial charge in [-0.1, -0.05) is 46.3 Å². The number of aliphatic hydroxyl groups is 2. The lowest BCUT2D eigenvalue weighted by molar-refractivity contribution is -0.202. The number of aliphatic hydroxyl groups excluding tert-OH is 2. The molecule has 5 aliphatic rings. The van der Waals surface area contributed by atoms with E-state index in [2.05, 4.69) is 40.7 Å². The Hall–Kier alpha value is -0.870. The normalized spacial score (nSPS) is 53.1. The van der Waals surface area contributed by atoms with Crippen molar-refractivity contribution in [3.8, 4) is 0 Å². The van der Waals surface area contributed by atoms with Gasteiger partial charge < -0.3 is 14.9 Å². The Labute approximate surface area is 213 Å². The number of carbonyl (C=O) groups excluding carboxylic acids is 1. The second-order valence-corrected chi connectivity index (χ2v) is 14.9. The van der Waals surface area contributed by atoms with Crippen LogP contribution < -0.4 is 0 Å². The standard InChI is InChI=1S/C31H50O4/c1-27(2)21-10-8-19-18-28(3)15-12-23-30(5,17-14-25(33)31(23,6)26(34)35-7)22(28)11-9-20(19)29(21,4)16-13-24(27)32/h8,20-25,32-33H,9-18H2,1-7H3. The number of allylic oxidation sites excluding steroid dienone is 2. The summed E-state index contributed by atoms with van der Waals surface area (Å²) in [6.07, 6.45) is 12.3. The van der Waals surface area contributed by atoms with Gasteiger partial charge in [-0.2, -0.15) is 0 Å². The van der Waals surface area contributed by atoms with Gasteiger partial charge in [0.15, 0.2) is 0 Å². The zero-order chi connectivity index (χ0) is 25.6. The van der Waals surface area contributed by atoms with Gasteiger partial charge in [0.25, 0.3) is 0 Å². The van der Waals surface area contributed by atoms with Crippen LogP contribution in [-0.2, 0) is 9.53 Å². The fraction of sp³-hybridized carbons (Fsp3) is 0.903. The molecule has 4 nitrogen and oxygen atoms in total. The van der Waals surface area contributed by atoms with E-state index in [1.807, 2.05) is 6.92 Å². The molecular formula is C31H50O4. The number of hydrogen-bond acceptors (Lipinski definition) is 4. The van der Waals surface area contributed by atoms with E-state index in [0.29, 0.717) is 24.2 Å². The van der Waals surface area contributed by atoms with Crippen LogP contribution in [0.2, 0.25) is 0 Å². The minimum Gasteiger partial charge on any atom is -0.469 e. The monoisotopic (exact) mass is 486 g/mol. The van der Waals surface area contributed by atoms with Crippen LogP contribution in [0.3, 0.4) is 0 Å². The van der Waals surface area contributed by atoms with Crippen molar-refractivity contribution < 1.29 is 19.7 Å². The van der Waals surface area contributed by atoms with Crippen LogP contribution in [0.15, 0.2) is 11.6 Å². The third-order valence-electron chi connectivity index (χ3n) is 13.2. The van der Waals surface area contributed by atoms with Crippen molar-refractivity contribution in [2.75, 3.05) is 7.11 Å². The van der Waals surface area contributed by atoms with Crippen LogP contribution >= 0.6 is 0 Å². The number of ether oxygens (including phenoxy) is 1. The molecule has 0 saturated heterocycles. The highest BCUT2D eigenvalue weighted by molar-refractivity contribution is 5.78. The van der Waals surface area contributed by atoms with Gasteiger partial charge >= 0.3 is 5.97 Å². The number of rotatable bonds is 1. The third kappa shape index (κ3) is 3.33.